The number of hydrogen-bond acceptors (Lipinski definition) is 6. The maximum absolute atomic E-state index is 12.2. The van der Waals surface area contributed by atoms with Gasteiger partial charge in [0.1, 0.15) is 5.70 Å². The van der Waals surface area contributed by atoms with Crippen molar-refractivity contribution in [3.8, 4) is 0 Å². The molecule has 0 amide bonds. The van der Waals surface area contributed by atoms with Crippen molar-refractivity contribution in [1.82, 2.24) is 10.2 Å². The number of rotatable bonds is 7. The van der Waals surface area contributed by atoms with Crippen LogP contribution in [0.25, 0.3) is 0 Å². The molecule has 25 heavy (non-hydrogen) atoms. The number of carbonyl (C=O) groups excluding carboxylic acids is 2. The Balaban J connectivity index is 3.00. The van der Waals surface area contributed by atoms with Gasteiger partial charge in [0.05, 0.1) is 19.3 Å². The molecule has 0 aromatic carbocycles. The summed E-state index contributed by atoms with van der Waals surface area (Å²) in [4.78, 5) is 26.5. The Hall–Kier alpha value is -1.56. The van der Waals surface area contributed by atoms with Crippen molar-refractivity contribution >= 4 is 11.9 Å². The minimum absolute atomic E-state index is 0.0160. The maximum Gasteiger partial charge on any atom is 0.354 e. The van der Waals surface area contributed by atoms with Gasteiger partial charge in [0.25, 0.3) is 0 Å². The third-order valence-electron chi connectivity index (χ3n) is 4.67. The molecule has 0 atom stereocenters. The van der Waals surface area contributed by atoms with E-state index in [4.69, 9.17) is 9.47 Å². The molecule has 1 aliphatic heterocycles. The molecule has 6 heteroatoms. The molecule has 0 radical (unpaired) electrons. The highest BCUT2D eigenvalue weighted by Gasteiger charge is 2.44. The minimum atomic E-state index is -0.539. The molecule has 0 unspecified atom stereocenters. The van der Waals surface area contributed by atoms with Crippen LogP contribution in [0.5, 0.6) is 0 Å². The summed E-state index contributed by atoms with van der Waals surface area (Å²) < 4.78 is 10.0. The molecule has 144 valence electrons. The first-order valence-corrected chi connectivity index (χ1v) is 9.17. The molecule has 1 N–H and O–H groups in total. The molecule has 1 fully saturated rings. The summed E-state index contributed by atoms with van der Waals surface area (Å²) in [5.41, 5.74) is 0.136. The van der Waals surface area contributed by atoms with E-state index in [1.165, 1.54) is 6.08 Å². The zero-order chi connectivity index (χ0) is 19.3. The fourth-order valence-corrected chi connectivity index (χ4v) is 4.17. The fraction of sp³-hybridized carbons (Fsp3) is 0.789. The molecule has 0 bridgehead atoms. The molecular formula is C19H34N2O4. The van der Waals surface area contributed by atoms with Crippen molar-refractivity contribution < 1.29 is 19.1 Å². The van der Waals surface area contributed by atoms with Gasteiger partial charge < -0.3 is 14.8 Å². The monoisotopic (exact) mass is 354 g/mol. The number of nitrogens with one attached hydrogen (secondary N) is 1. The summed E-state index contributed by atoms with van der Waals surface area (Å²) in [5.74, 6) is -1.06. The second-order valence-corrected chi connectivity index (χ2v) is 7.65. The van der Waals surface area contributed by atoms with Crippen molar-refractivity contribution in [2.24, 2.45) is 0 Å². The second-order valence-electron chi connectivity index (χ2n) is 7.65. The number of piperidine rings is 1. The van der Waals surface area contributed by atoms with Crippen LogP contribution >= 0.6 is 0 Å². The largest absolute Gasteiger partial charge is 0.463 e. The van der Waals surface area contributed by atoms with E-state index in [9.17, 15) is 9.59 Å². The first kappa shape index (κ1) is 21.5. The lowest BCUT2D eigenvalue weighted by molar-refractivity contribution is -0.141. The summed E-state index contributed by atoms with van der Waals surface area (Å²) in [6.07, 6.45) is 2.93. The topological polar surface area (TPSA) is 67.9 Å². The molecule has 0 aliphatic carbocycles. The number of ether oxygens (including phenoxy) is 2. The van der Waals surface area contributed by atoms with Crippen LogP contribution in [0, 0.1) is 0 Å². The Morgan fingerprint density at radius 1 is 1.04 bits per heavy atom. The Kier molecular flexibility index (Phi) is 7.47. The van der Waals surface area contributed by atoms with E-state index in [0.717, 1.165) is 19.4 Å². The molecule has 0 aromatic rings. The molecule has 1 heterocycles. The number of nitrogens with zero attached hydrogens (tertiary/aromatic N) is 1. The zero-order valence-corrected chi connectivity index (χ0v) is 16.8. The van der Waals surface area contributed by atoms with Crippen LogP contribution in [0.15, 0.2) is 11.8 Å². The average molecular weight is 354 g/mol. The van der Waals surface area contributed by atoms with Gasteiger partial charge in [-0.2, -0.15) is 0 Å². The van der Waals surface area contributed by atoms with Crippen molar-refractivity contribution in [2.45, 2.75) is 78.4 Å². The van der Waals surface area contributed by atoms with Gasteiger partial charge in [-0.25, -0.2) is 9.59 Å². The van der Waals surface area contributed by atoms with Crippen molar-refractivity contribution in [2.75, 3.05) is 19.8 Å². The van der Waals surface area contributed by atoms with Crippen molar-refractivity contribution in [3.63, 3.8) is 0 Å². The summed E-state index contributed by atoms with van der Waals surface area (Å²) >= 11 is 0. The van der Waals surface area contributed by atoms with E-state index in [1.54, 1.807) is 13.8 Å². The van der Waals surface area contributed by atoms with Crippen LogP contribution in [0.4, 0.5) is 0 Å². The van der Waals surface area contributed by atoms with Crippen LogP contribution in [-0.4, -0.2) is 53.7 Å². The van der Waals surface area contributed by atoms with Crippen LogP contribution in [0.2, 0.25) is 0 Å². The van der Waals surface area contributed by atoms with Crippen LogP contribution in [0.1, 0.15) is 61.3 Å². The number of carbonyl (C=O) groups is 2. The van der Waals surface area contributed by atoms with E-state index in [2.05, 4.69) is 44.8 Å². The smallest absolute Gasteiger partial charge is 0.354 e. The zero-order valence-electron chi connectivity index (χ0n) is 16.8. The molecule has 0 aromatic heterocycles. The summed E-state index contributed by atoms with van der Waals surface area (Å²) in [6, 6.07) is 0.0675. The third-order valence-corrected chi connectivity index (χ3v) is 4.67. The Morgan fingerprint density at radius 3 is 2.00 bits per heavy atom. The van der Waals surface area contributed by atoms with Crippen LogP contribution in [0.3, 0.4) is 0 Å². The number of esters is 2. The van der Waals surface area contributed by atoms with Gasteiger partial charge in [-0.1, -0.05) is 6.92 Å². The van der Waals surface area contributed by atoms with Crippen molar-refractivity contribution in [1.29, 1.82) is 0 Å². The Bertz CT molecular complexity index is 494. The van der Waals surface area contributed by atoms with Crippen LogP contribution in [-0.2, 0) is 19.1 Å². The van der Waals surface area contributed by atoms with Gasteiger partial charge in [0.15, 0.2) is 0 Å². The van der Waals surface area contributed by atoms with Gasteiger partial charge in [0.2, 0.25) is 0 Å². The molecule has 0 saturated carbocycles. The first-order valence-electron chi connectivity index (χ1n) is 9.17. The average Bonchev–Trinajstić information content (AvgIpc) is 2.44. The van der Waals surface area contributed by atoms with Gasteiger partial charge in [-0.15, -0.1) is 0 Å². The summed E-state index contributed by atoms with van der Waals surface area (Å²) in [5, 5.41) is 3.24. The second kappa shape index (κ2) is 8.70. The Labute approximate surface area is 151 Å². The Morgan fingerprint density at radius 2 is 1.56 bits per heavy atom. The van der Waals surface area contributed by atoms with E-state index >= 15 is 0 Å². The summed E-state index contributed by atoms with van der Waals surface area (Å²) in [7, 11) is 0. The third kappa shape index (κ3) is 5.73. The lowest BCUT2D eigenvalue weighted by atomic mass is 9.77. The van der Waals surface area contributed by atoms with Gasteiger partial charge in [0, 0.05) is 17.1 Å². The van der Waals surface area contributed by atoms with Gasteiger partial charge in [-0.3, -0.25) is 4.90 Å². The van der Waals surface area contributed by atoms with E-state index in [1.807, 2.05) is 0 Å². The van der Waals surface area contributed by atoms with Gasteiger partial charge in [-0.05, 0) is 60.9 Å². The molecule has 6 nitrogen and oxygen atoms in total. The van der Waals surface area contributed by atoms with Crippen molar-refractivity contribution in [3.05, 3.63) is 11.8 Å². The molecule has 1 saturated heterocycles. The number of hydrogen-bond donors (Lipinski definition) is 1. The minimum Gasteiger partial charge on any atom is -0.463 e. The van der Waals surface area contributed by atoms with E-state index < -0.39 is 11.9 Å². The molecule has 1 rings (SSSR count). The highest BCUT2D eigenvalue weighted by Crippen LogP contribution is 2.38. The summed E-state index contributed by atoms with van der Waals surface area (Å²) in [6.45, 7) is 16.0. The quantitative estimate of drug-likeness (QED) is 0.560. The van der Waals surface area contributed by atoms with Gasteiger partial charge >= 0.3 is 11.9 Å². The SMILES string of the molecule is CCOC(=O)/C=C(/NC1CC(C)(C)N(CC)C(C)(C)C1)C(=O)OCC. The fourth-order valence-electron chi connectivity index (χ4n) is 4.17. The first-order chi connectivity index (χ1) is 11.6. The lowest BCUT2D eigenvalue weighted by Crippen LogP contribution is -2.63. The van der Waals surface area contributed by atoms with Crippen LogP contribution < -0.4 is 5.32 Å². The predicted octanol–water partition coefficient (Wildman–Crippen LogP) is 2.63. The standard InChI is InChI=1S/C19H34N2O4/c1-8-21-18(4,5)12-14(13-19(21,6)7)20-15(17(23)25-10-3)11-16(22)24-9-2/h11,14,20H,8-10,12-13H2,1-7H3/b15-11+. The van der Waals surface area contributed by atoms with E-state index in [-0.39, 0.29) is 36.0 Å². The van der Waals surface area contributed by atoms with E-state index in [0.29, 0.717) is 0 Å². The normalized spacial score (nSPS) is 20.8. The molecule has 1 aliphatic rings. The maximum atomic E-state index is 12.2. The molecular weight excluding hydrogens is 320 g/mol. The highest BCUT2D eigenvalue weighted by atomic mass is 16.5. The molecule has 0 spiro atoms. The highest BCUT2D eigenvalue weighted by molar-refractivity contribution is 5.95. The lowest BCUT2D eigenvalue weighted by Gasteiger charge is -2.55. The predicted molar refractivity (Wildman–Crippen MR) is 98.0 cm³/mol. The number of likely N-dealkylation sites (tertiary alicyclic amines) is 1.